The number of hydrogen-bond acceptors (Lipinski definition) is 4. The van der Waals surface area contributed by atoms with E-state index in [0.717, 1.165) is 16.5 Å². The highest BCUT2D eigenvalue weighted by Gasteiger charge is 2.15. The fourth-order valence-corrected chi connectivity index (χ4v) is 2.43. The first-order valence-corrected chi connectivity index (χ1v) is 8.30. The number of hydrogen-bond donors (Lipinski definition) is 2. The molecular weight excluding hydrogens is 374 g/mol. The zero-order chi connectivity index (χ0) is 17.5. The summed E-state index contributed by atoms with van der Waals surface area (Å²) in [4.78, 5) is 23.8. The van der Waals surface area contributed by atoms with Gasteiger partial charge in [-0.25, -0.2) is 4.79 Å². The maximum absolute atomic E-state index is 12.0. The Morgan fingerprint density at radius 1 is 1.12 bits per heavy atom. The van der Waals surface area contributed by atoms with Crippen LogP contribution in [0.4, 0.5) is 0 Å². The zero-order valence-corrected chi connectivity index (χ0v) is 14.7. The lowest BCUT2D eigenvalue weighted by Gasteiger charge is -2.17. The Kier molecular flexibility index (Phi) is 6.37. The smallest absolute Gasteiger partial charge is 0.338 e. The van der Waals surface area contributed by atoms with Crippen molar-refractivity contribution in [3.63, 3.8) is 0 Å². The Balaban J connectivity index is 1.88. The van der Waals surface area contributed by atoms with E-state index in [2.05, 4.69) is 21.2 Å². The van der Waals surface area contributed by atoms with Crippen molar-refractivity contribution in [1.29, 1.82) is 0 Å². The molecule has 0 aromatic heterocycles. The molecule has 0 radical (unpaired) electrons. The molecule has 2 N–H and O–H groups in total. The molecule has 0 saturated carbocycles. The van der Waals surface area contributed by atoms with E-state index < -0.39 is 5.97 Å². The molecule has 0 fully saturated rings. The summed E-state index contributed by atoms with van der Waals surface area (Å²) in [7, 11) is 0. The topological polar surface area (TPSA) is 75.6 Å². The highest BCUT2D eigenvalue weighted by atomic mass is 79.9. The minimum absolute atomic E-state index is 0.0598. The summed E-state index contributed by atoms with van der Waals surface area (Å²) in [5.74, 6) is -0.914. The summed E-state index contributed by atoms with van der Waals surface area (Å²) < 4.78 is 5.96. The maximum atomic E-state index is 12.0. The van der Waals surface area contributed by atoms with Crippen molar-refractivity contribution in [1.82, 2.24) is 5.32 Å². The van der Waals surface area contributed by atoms with Crippen LogP contribution in [0.25, 0.3) is 0 Å². The van der Waals surface area contributed by atoms with Gasteiger partial charge in [0.05, 0.1) is 11.6 Å². The second kappa shape index (κ2) is 8.49. The third-order valence-corrected chi connectivity index (χ3v) is 3.98. The molecule has 2 aromatic carbocycles. The molecule has 2 aromatic rings. The minimum atomic E-state index is -0.609. The van der Waals surface area contributed by atoms with E-state index in [0.29, 0.717) is 0 Å². The van der Waals surface area contributed by atoms with Crippen molar-refractivity contribution in [2.45, 2.75) is 19.4 Å². The van der Waals surface area contributed by atoms with E-state index in [1.807, 2.05) is 31.2 Å². The molecule has 1 atom stereocenters. The van der Waals surface area contributed by atoms with E-state index in [-0.39, 0.29) is 29.9 Å². The van der Waals surface area contributed by atoms with Crippen LogP contribution in [0, 0.1) is 0 Å². The van der Waals surface area contributed by atoms with Gasteiger partial charge in [0.25, 0.3) is 5.91 Å². The summed E-state index contributed by atoms with van der Waals surface area (Å²) in [6.45, 7) is 1.61. The molecule has 0 aliphatic rings. The van der Waals surface area contributed by atoms with Gasteiger partial charge in [0.15, 0.2) is 6.61 Å². The monoisotopic (exact) mass is 391 g/mol. The SMILES string of the molecule is CC[C@H](NC(=O)COC(=O)c1ccc(O)cc1)c1ccc(Br)cc1. The first kappa shape index (κ1) is 18.0. The lowest BCUT2D eigenvalue weighted by Crippen LogP contribution is -2.32. The van der Waals surface area contributed by atoms with Crippen LogP contribution in [0.15, 0.2) is 53.0 Å². The fourth-order valence-electron chi connectivity index (χ4n) is 2.16. The lowest BCUT2D eigenvalue weighted by molar-refractivity contribution is -0.125. The lowest BCUT2D eigenvalue weighted by atomic mass is 10.0. The number of amides is 1. The molecule has 6 heteroatoms. The summed E-state index contributed by atoms with van der Waals surface area (Å²) in [6.07, 6.45) is 0.722. The van der Waals surface area contributed by atoms with Gasteiger partial charge < -0.3 is 15.2 Å². The maximum Gasteiger partial charge on any atom is 0.338 e. The van der Waals surface area contributed by atoms with Gasteiger partial charge in [0, 0.05) is 4.47 Å². The largest absolute Gasteiger partial charge is 0.508 e. The molecule has 24 heavy (non-hydrogen) atoms. The van der Waals surface area contributed by atoms with Crippen LogP contribution in [-0.2, 0) is 9.53 Å². The van der Waals surface area contributed by atoms with E-state index in [1.165, 1.54) is 24.3 Å². The minimum Gasteiger partial charge on any atom is -0.508 e. The number of aromatic hydroxyl groups is 1. The van der Waals surface area contributed by atoms with Crippen molar-refractivity contribution < 1.29 is 19.4 Å². The number of carbonyl (C=O) groups is 2. The van der Waals surface area contributed by atoms with Crippen LogP contribution in [0.3, 0.4) is 0 Å². The number of esters is 1. The molecule has 126 valence electrons. The number of carbonyl (C=O) groups excluding carboxylic acids is 2. The first-order chi connectivity index (χ1) is 11.5. The van der Waals surface area contributed by atoms with Gasteiger partial charge in [-0.15, -0.1) is 0 Å². The Morgan fingerprint density at radius 3 is 2.33 bits per heavy atom. The summed E-state index contributed by atoms with van der Waals surface area (Å²) in [6, 6.07) is 13.2. The van der Waals surface area contributed by atoms with Crippen LogP contribution in [0.5, 0.6) is 5.75 Å². The number of nitrogens with one attached hydrogen (secondary N) is 1. The molecule has 0 heterocycles. The third kappa shape index (κ3) is 5.09. The van der Waals surface area contributed by atoms with Gasteiger partial charge in [-0.05, 0) is 48.4 Å². The van der Waals surface area contributed by atoms with Crippen molar-refractivity contribution in [3.05, 3.63) is 64.1 Å². The summed E-state index contributed by atoms with van der Waals surface area (Å²) >= 11 is 3.37. The first-order valence-electron chi connectivity index (χ1n) is 7.50. The molecule has 0 bridgehead atoms. The van der Waals surface area contributed by atoms with Crippen LogP contribution in [0.2, 0.25) is 0 Å². The van der Waals surface area contributed by atoms with Gasteiger partial charge in [-0.2, -0.15) is 0 Å². The van der Waals surface area contributed by atoms with Gasteiger partial charge in [0.2, 0.25) is 0 Å². The van der Waals surface area contributed by atoms with Crippen LogP contribution in [0.1, 0.15) is 35.3 Å². The quantitative estimate of drug-likeness (QED) is 0.737. The van der Waals surface area contributed by atoms with Crippen molar-refractivity contribution >= 4 is 27.8 Å². The van der Waals surface area contributed by atoms with E-state index >= 15 is 0 Å². The highest BCUT2D eigenvalue weighted by Crippen LogP contribution is 2.19. The average Bonchev–Trinajstić information content (AvgIpc) is 2.59. The number of ether oxygens (including phenoxy) is 1. The molecule has 0 spiro atoms. The van der Waals surface area contributed by atoms with Crippen molar-refractivity contribution in [3.8, 4) is 5.75 Å². The Labute approximate surface area is 148 Å². The number of halogens is 1. The number of benzene rings is 2. The molecule has 0 aliphatic heterocycles. The molecule has 1 amide bonds. The Hall–Kier alpha value is -2.34. The third-order valence-electron chi connectivity index (χ3n) is 3.45. The van der Waals surface area contributed by atoms with Gasteiger partial charge in [-0.1, -0.05) is 35.0 Å². The molecule has 5 nitrogen and oxygen atoms in total. The molecular formula is C18H18BrNO4. The van der Waals surface area contributed by atoms with Crippen molar-refractivity contribution in [2.24, 2.45) is 0 Å². The number of rotatable bonds is 6. The second-order valence-electron chi connectivity index (χ2n) is 5.20. The zero-order valence-electron chi connectivity index (χ0n) is 13.2. The summed E-state index contributed by atoms with van der Waals surface area (Å²) in [5.41, 5.74) is 1.26. The van der Waals surface area contributed by atoms with Crippen molar-refractivity contribution in [2.75, 3.05) is 6.61 Å². The highest BCUT2D eigenvalue weighted by molar-refractivity contribution is 9.10. The number of phenols is 1. The number of phenolic OH excluding ortho intramolecular Hbond substituents is 1. The van der Waals surface area contributed by atoms with Crippen LogP contribution < -0.4 is 5.32 Å². The van der Waals surface area contributed by atoms with Crippen LogP contribution in [-0.4, -0.2) is 23.6 Å². The van der Waals surface area contributed by atoms with E-state index in [9.17, 15) is 14.7 Å². The molecule has 2 rings (SSSR count). The molecule has 0 aliphatic carbocycles. The second-order valence-corrected chi connectivity index (χ2v) is 6.12. The van der Waals surface area contributed by atoms with E-state index in [1.54, 1.807) is 0 Å². The molecule has 0 saturated heterocycles. The molecule has 0 unspecified atom stereocenters. The predicted octanol–water partition coefficient (Wildman–Crippen LogP) is 3.58. The van der Waals surface area contributed by atoms with Gasteiger partial charge in [-0.3, -0.25) is 4.79 Å². The summed E-state index contributed by atoms with van der Waals surface area (Å²) in [5, 5.41) is 12.0. The normalized spacial score (nSPS) is 11.6. The Bertz CT molecular complexity index is 698. The van der Waals surface area contributed by atoms with Gasteiger partial charge >= 0.3 is 5.97 Å². The standard InChI is InChI=1S/C18H18BrNO4/c1-2-16(12-3-7-14(19)8-4-12)20-17(22)11-24-18(23)13-5-9-15(21)10-6-13/h3-10,16,21H,2,11H2,1H3,(H,20,22)/t16-/m0/s1. The fraction of sp³-hybridized carbons (Fsp3) is 0.222. The average molecular weight is 392 g/mol. The Morgan fingerprint density at radius 2 is 1.75 bits per heavy atom. The van der Waals surface area contributed by atoms with E-state index in [4.69, 9.17) is 4.74 Å². The van der Waals surface area contributed by atoms with Gasteiger partial charge in [0.1, 0.15) is 5.75 Å². The predicted molar refractivity (Wildman–Crippen MR) is 93.7 cm³/mol. The van der Waals surface area contributed by atoms with Crippen LogP contribution >= 0.6 is 15.9 Å².